The maximum atomic E-state index is 12.5. The number of halogens is 1. The Morgan fingerprint density at radius 3 is 2.50 bits per heavy atom. The number of thiazole rings is 1. The van der Waals surface area contributed by atoms with Gasteiger partial charge in [0.15, 0.2) is 5.13 Å². The van der Waals surface area contributed by atoms with E-state index in [0.717, 1.165) is 38.0 Å². The summed E-state index contributed by atoms with van der Waals surface area (Å²) < 4.78 is 6.11. The van der Waals surface area contributed by atoms with Crippen LogP contribution in [-0.4, -0.2) is 18.0 Å². The Balaban J connectivity index is 1.47. The minimum atomic E-state index is -0.153. The van der Waals surface area contributed by atoms with Gasteiger partial charge in [0.25, 0.3) is 5.91 Å². The minimum absolute atomic E-state index is 0.153. The summed E-state index contributed by atoms with van der Waals surface area (Å²) in [6, 6.07) is 22.6. The van der Waals surface area contributed by atoms with E-state index in [-0.39, 0.29) is 5.91 Å². The van der Waals surface area contributed by atoms with Crippen molar-refractivity contribution in [1.82, 2.24) is 4.98 Å². The summed E-state index contributed by atoms with van der Waals surface area (Å²) >= 11 is 4.90. The molecule has 0 atom stereocenters. The van der Waals surface area contributed by atoms with Gasteiger partial charge in [-0.2, -0.15) is 0 Å². The van der Waals surface area contributed by atoms with Crippen LogP contribution in [0.4, 0.5) is 16.5 Å². The van der Waals surface area contributed by atoms with Crippen molar-refractivity contribution in [2.24, 2.45) is 0 Å². The van der Waals surface area contributed by atoms with Gasteiger partial charge in [-0.15, -0.1) is 11.3 Å². The standard InChI is InChI=1S/C23H18BrN3O2S/c1-29-20-11-9-18(10-12-20)26-23-27-21(14-30-23)16-3-2-4-19(13-16)25-22(28)15-5-7-17(24)8-6-15/h2-14H,1H3,(H,25,28)(H,26,27). The molecule has 1 heterocycles. The van der Waals surface area contributed by atoms with E-state index in [2.05, 4.69) is 31.5 Å². The average Bonchev–Trinajstić information content (AvgIpc) is 3.23. The van der Waals surface area contributed by atoms with Crippen LogP contribution >= 0.6 is 27.3 Å². The third-order valence-corrected chi connectivity index (χ3v) is 5.65. The molecule has 0 aliphatic heterocycles. The van der Waals surface area contributed by atoms with Crippen molar-refractivity contribution in [2.75, 3.05) is 17.7 Å². The van der Waals surface area contributed by atoms with Crippen molar-refractivity contribution < 1.29 is 9.53 Å². The van der Waals surface area contributed by atoms with E-state index in [4.69, 9.17) is 4.74 Å². The Bertz CT molecular complexity index is 1160. The SMILES string of the molecule is COc1ccc(Nc2nc(-c3cccc(NC(=O)c4ccc(Br)cc4)c3)cs2)cc1. The van der Waals surface area contributed by atoms with Crippen LogP contribution in [0.2, 0.25) is 0 Å². The van der Waals surface area contributed by atoms with Gasteiger partial charge in [0.05, 0.1) is 12.8 Å². The van der Waals surface area contributed by atoms with Crippen LogP contribution in [0.3, 0.4) is 0 Å². The number of ether oxygens (including phenoxy) is 1. The second-order valence-electron chi connectivity index (χ2n) is 6.43. The highest BCUT2D eigenvalue weighted by Gasteiger charge is 2.09. The Morgan fingerprint density at radius 2 is 1.77 bits per heavy atom. The molecule has 4 aromatic rings. The van der Waals surface area contributed by atoms with Gasteiger partial charge in [-0.05, 0) is 60.7 Å². The van der Waals surface area contributed by atoms with Gasteiger partial charge in [0.1, 0.15) is 5.75 Å². The molecule has 0 radical (unpaired) electrons. The summed E-state index contributed by atoms with van der Waals surface area (Å²) in [5.74, 6) is 0.655. The Labute approximate surface area is 186 Å². The third kappa shape index (κ3) is 4.87. The molecule has 0 unspecified atom stereocenters. The molecule has 2 N–H and O–H groups in total. The predicted octanol–water partition coefficient (Wildman–Crippen LogP) is 6.58. The summed E-state index contributed by atoms with van der Waals surface area (Å²) in [5, 5.41) is 9.01. The first kappa shape index (κ1) is 20.1. The van der Waals surface area contributed by atoms with Gasteiger partial charge in [-0.3, -0.25) is 4.79 Å². The van der Waals surface area contributed by atoms with E-state index in [1.54, 1.807) is 19.2 Å². The first-order valence-corrected chi connectivity index (χ1v) is 10.8. The number of amides is 1. The van der Waals surface area contributed by atoms with Crippen LogP contribution in [-0.2, 0) is 0 Å². The number of anilines is 3. The Hall–Kier alpha value is -3.16. The van der Waals surface area contributed by atoms with E-state index in [1.165, 1.54) is 11.3 Å². The number of hydrogen-bond donors (Lipinski definition) is 2. The molecule has 3 aromatic carbocycles. The minimum Gasteiger partial charge on any atom is -0.497 e. The highest BCUT2D eigenvalue weighted by molar-refractivity contribution is 9.10. The lowest BCUT2D eigenvalue weighted by Gasteiger charge is -2.07. The lowest BCUT2D eigenvalue weighted by molar-refractivity contribution is 0.102. The largest absolute Gasteiger partial charge is 0.497 e. The molecule has 5 nitrogen and oxygen atoms in total. The fourth-order valence-electron chi connectivity index (χ4n) is 2.82. The van der Waals surface area contributed by atoms with Crippen LogP contribution in [0.25, 0.3) is 11.3 Å². The second kappa shape index (κ2) is 9.11. The number of methoxy groups -OCH3 is 1. The summed E-state index contributed by atoms with van der Waals surface area (Å²) in [6.07, 6.45) is 0. The van der Waals surface area contributed by atoms with Crippen LogP contribution < -0.4 is 15.4 Å². The molecule has 1 aromatic heterocycles. The number of aromatic nitrogens is 1. The predicted molar refractivity (Wildman–Crippen MR) is 126 cm³/mol. The molecular weight excluding hydrogens is 462 g/mol. The molecule has 0 fully saturated rings. The van der Waals surface area contributed by atoms with E-state index in [0.29, 0.717) is 5.56 Å². The second-order valence-corrected chi connectivity index (χ2v) is 8.21. The third-order valence-electron chi connectivity index (χ3n) is 4.37. The number of rotatable bonds is 6. The fourth-order valence-corrected chi connectivity index (χ4v) is 3.83. The van der Waals surface area contributed by atoms with Crippen LogP contribution in [0.15, 0.2) is 82.6 Å². The molecule has 30 heavy (non-hydrogen) atoms. The number of benzene rings is 3. The highest BCUT2D eigenvalue weighted by Crippen LogP contribution is 2.29. The molecule has 0 spiro atoms. The molecule has 150 valence electrons. The van der Waals surface area contributed by atoms with Gasteiger partial charge in [0, 0.05) is 32.4 Å². The smallest absolute Gasteiger partial charge is 0.255 e. The van der Waals surface area contributed by atoms with Gasteiger partial charge >= 0.3 is 0 Å². The zero-order valence-electron chi connectivity index (χ0n) is 16.1. The van der Waals surface area contributed by atoms with Gasteiger partial charge in [0.2, 0.25) is 0 Å². The van der Waals surface area contributed by atoms with E-state index in [1.807, 2.05) is 66.0 Å². The van der Waals surface area contributed by atoms with Gasteiger partial charge in [-0.1, -0.05) is 28.1 Å². The topological polar surface area (TPSA) is 63.2 Å². The molecule has 0 aliphatic carbocycles. The lowest BCUT2D eigenvalue weighted by atomic mass is 10.1. The van der Waals surface area contributed by atoms with Crippen molar-refractivity contribution in [3.05, 3.63) is 88.2 Å². The molecule has 0 aliphatic rings. The summed E-state index contributed by atoms with van der Waals surface area (Å²) in [6.45, 7) is 0. The highest BCUT2D eigenvalue weighted by atomic mass is 79.9. The lowest BCUT2D eigenvalue weighted by Crippen LogP contribution is -2.11. The number of nitrogens with one attached hydrogen (secondary N) is 2. The first-order chi connectivity index (χ1) is 14.6. The zero-order valence-corrected chi connectivity index (χ0v) is 18.5. The molecule has 0 saturated carbocycles. The molecule has 0 saturated heterocycles. The first-order valence-electron chi connectivity index (χ1n) is 9.15. The van der Waals surface area contributed by atoms with E-state index < -0.39 is 0 Å². The monoisotopic (exact) mass is 479 g/mol. The molecule has 1 amide bonds. The van der Waals surface area contributed by atoms with Crippen molar-refractivity contribution in [3.8, 4) is 17.0 Å². The summed E-state index contributed by atoms with van der Waals surface area (Å²) in [4.78, 5) is 17.1. The van der Waals surface area contributed by atoms with Crippen molar-refractivity contribution in [1.29, 1.82) is 0 Å². The van der Waals surface area contributed by atoms with Crippen molar-refractivity contribution in [2.45, 2.75) is 0 Å². The number of carbonyl (C=O) groups excluding carboxylic acids is 1. The number of hydrogen-bond acceptors (Lipinski definition) is 5. The Kier molecular flexibility index (Phi) is 6.11. The van der Waals surface area contributed by atoms with Crippen LogP contribution in [0.1, 0.15) is 10.4 Å². The molecular formula is C23H18BrN3O2S. The number of nitrogens with zero attached hydrogens (tertiary/aromatic N) is 1. The number of carbonyl (C=O) groups is 1. The van der Waals surface area contributed by atoms with Gasteiger partial charge < -0.3 is 15.4 Å². The fraction of sp³-hybridized carbons (Fsp3) is 0.0435. The van der Waals surface area contributed by atoms with Gasteiger partial charge in [-0.25, -0.2) is 4.98 Å². The average molecular weight is 480 g/mol. The molecule has 4 rings (SSSR count). The van der Waals surface area contributed by atoms with E-state index >= 15 is 0 Å². The van der Waals surface area contributed by atoms with Crippen LogP contribution in [0, 0.1) is 0 Å². The van der Waals surface area contributed by atoms with E-state index in [9.17, 15) is 4.79 Å². The normalized spacial score (nSPS) is 10.5. The Morgan fingerprint density at radius 1 is 1.00 bits per heavy atom. The molecule has 0 bridgehead atoms. The summed E-state index contributed by atoms with van der Waals surface area (Å²) in [7, 11) is 1.64. The van der Waals surface area contributed by atoms with Crippen molar-refractivity contribution in [3.63, 3.8) is 0 Å². The maximum Gasteiger partial charge on any atom is 0.255 e. The van der Waals surface area contributed by atoms with Crippen LogP contribution in [0.5, 0.6) is 5.75 Å². The molecule has 7 heteroatoms. The quantitative estimate of drug-likeness (QED) is 0.327. The summed E-state index contributed by atoms with van der Waals surface area (Å²) in [5.41, 5.74) is 4.03. The maximum absolute atomic E-state index is 12.5. The van der Waals surface area contributed by atoms with Crippen molar-refractivity contribution >= 4 is 49.7 Å². The zero-order chi connectivity index (χ0) is 20.9.